The second-order valence-corrected chi connectivity index (χ2v) is 9.38. The molecule has 22 heavy (non-hydrogen) atoms. The second-order valence-electron chi connectivity index (χ2n) is 7.38. The van der Waals surface area contributed by atoms with Gasteiger partial charge in [0.25, 0.3) is 0 Å². The predicted molar refractivity (Wildman–Crippen MR) is 93.0 cm³/mol. The van der Waals surface area contributed by atoms with E-state index in [4.69, 9.17) is 0 Å². The van der Waals surface area contributed by atoms with E-state index < -0.39 is 11.0 Å². The van der Waals surface area contributed by atoms with Gasteiger partial charge < -0.3 is 4.90 Å². The van der Waals surface area contributed by atoms with Crippen LogP contribution in [0, 0.1) is 12.8 Å². The summed E-state index contributed by atoms with van der Waals surface area (Å²) in [7, 11) is 1.08. The highest BCUT2D eigenvalue weighted by molar-refractivity contribution is 7.84. The molecule has 2 rings (SSSR count). The molecule has 0 saturated carbocycles. The molecule has 1 fully saturated rings. The van der Waals surface area contributed by atoms with Crippen molar-refractivity contribution in [2.75, 3.05) is 20.1 Å². The highest BCUT2D eigenvalue weighted by atomic mass is 32.2. The predicted octanol–water partition coefficient (Wildman–Crippen LogP) is 2.82. The number of pyridine rings is 1. The van der Waals surface area contributed by atoms with E-state index in [1.54, 1.807) is 0 Å². The number of hydrogen-bond acceptors (Lipinski definition) is 3. The maximum absolute atomic E-state index is 12.6. The fraction of sp³-hybridized carbons (Fsp3) is 0.706. The van der Waals surface area contributed by atoms with E-state index in [0.717, 1.165) is 37.2 Å². The Labute approximate surface area is 137 Å². The Hall–Kier alpha value is -0.780. The first-order chi connectivity index (χ1) is 10.3. The van der Waals surface area contributed by atoms with Gasteiger partial charge in [0.15, 0.2) is 0 Å². The highest BCUT2D eigenvalue weighted by Gasteiger charge is 2.31. The van der Waals surface area contributed by atoms with E-state index in [9.17, 15) is 4.21 Å². The molecule has 1 unspecified atom stereocenters. The minimum Gasteiger partial charge on any atom is -0.306 e. The summed E-state index contributed by atoms with van der Waals surface area (Å²) in [6.45, 7) is 10.2. The number of piperidine rings is 1. The lowest BCUT2D eigenvalue weighted by Gasteiger charge is -2.35. The van der Waals surface area contributed by atoms with Crippen LogP contribution in [0.1, 0.15) is 50.9 Å². The van der Waals surface area contributed by atoms with Gasteiger partial charge in [0, 0.05) is 6.20 Å². The van der Waals surface area contributed by atoms with Crippen LogP contribution in [0.5, 0.6) is 0 Å². The molecule has 1 N–H and O–H groups in total. The summed E-state index contributed by atoms with van der Waals surface area (Å²) in [4.78, 5) is 6.96. The Bertz CT molecular complexity index is 502. The molecular formula is C17H29N3OS. The third-order valence-corrected chi connectivity index (χ3v) is 5.86. The van der Waals surface area contributed by atoms with Gasteiger partial charge >= 0.3 is 0 Å². The molecular weight excluding hydrogens is 294 g/mol. The van der Waals surface area contributed by atoms with Crippen LogP contribution in [0.3, 0.4) is 0 Å². The fourth-order valence-corrected chi connectivity index (χ4v) is 3.61. The lowest BCUT2D eigenvalue weighted by atomic mass is 9.88. The first-order valence-corrected chi connectivity index (χ1v) is 9.21. The largest absolute Gasteiger partial charge is 0.306 e. The minimum atomic E-state index is -1.09. The standard InChI is InChI=1S/C17H29N3OS/c1-13-6-7-15(18-12-13)16(19-22(21)17(2,3)4)14-8-10-20(5)11-9-14/h6-7,12,14,16,19H,8-11H2,1-5H3/t16?,22-/m0/s1. The van der Waals surface area contributed by atoms with Gasteiger partial charge in [0.1, 0.15) is 0 Å². The number of nitrogens with zero attached hydrogens (tertiary/aromatic N) is 2. The Morgan fingerprint density at radius 1 is 1.32 bits per heavy atom. The average molecular weight is 324 g/mol. The van der Waals surface area contributed by atoms with Gasteiger partial charge in [-0.2, -0.15) is 0 Å². The summed E-state index contributed by atoms with van der Waals surface area (Å²) in [6.07, 6.45) is 4.13. The minimum absolute atomic E-state index is 0.0642. The van der Waals surface area contributed by atoms with Crippen LogP contribution in [0.4, 0.5) is 0 Å². The monoisotopic (exact) mass is 323 g/mol. The number of aryl methyl sites for hydroxylation is 1. The quantitative estimate of drug-likeness (QED) is 0.927. The van der Waals surface area contributed by atoms with Crippen LogP contribution in [0.2, 0.25) is 0 Å². The Kier molecular flexibility index (Phi) is 5.75. The maximum Gasteiger partial charge on any atom is 0.0976 e. The molecule has 0 amide bonds. The first-order valence-electron chi connectivity index (χ1n) is 8.06. The maximum atomic E-state index is 12.6. The van der Waals surface area contributed by atoms with E-state index >= 15 is 0 Å². The van der Waals surface area contributed by atoms with Crippen molar-refractivity contribution < 1.29 is 4.21 Å². The van der Waals surface area contributed by atoms with E-state index in [2.05, 4.69) is 33.8 Å². The molecule has 2 atom stereocenters. The van der Waals surface area contributed by atoms with Gasteiger partial charge in [-0.05, 0) is 78.2 Å². The molecule has 2 heterocycles. The van der Waals surface area contributed by atoms with Crippen LogP contribution >= 0.6 is 0 Å². The van der Waals surface area contributed by atoms with Gasteiger partial charge in [-0.1, -0.05) is 6.07 Å². The molecule has 124 valence electrons. The summed E-state index contributed by atoms with van der Waals surface area (Å²) in [5, 5.41) is 0. The smallest absolute Gasteiger partial charge is 0.0976 e. The topological polar surface area (TPSA) is 45.2 Å². The molecule has 1 aliphatic heterocycles. The lowest BCUT2D eigenvalue weighted by molar-refractivity contribution is 0.192. The van der Waals surface area contributed by atoms with E-state index in [1.165, 1.54) is 0 Å². The molecule has 0 spiro atoms. The molecule has 1 aromatic rings. The van der Waals surface area contributed by atoms with E-state index in [0.29, 0.717) is 5.92 Å². The van der Waals surface area contributed by atoms with E-state index in [1.807, 2.05) is 33.9 Å². The SMILES string of the molecule is Cc1ccc(C(N[S@@](=O)C(C)(C)C)C2CCN(C)CC2)nc1. The summed E-state index contributed by atoms with van der Waals surface area (Å²) in [5.41, 5.74) is 2.17. The average Bonchev–Trinajstić information content (AvgIpc) is 2.46. The highest BCUT2D eigenvalue weighted by Crippen LogP contribution is 2.31. The molecule has 0 aromatic carbocycles. The van der Waals surface area contributed by atoms with Crippen molar-refractivity contribution in [1.82, 2.24) is 14.6 Å². The Morgan fingerprint density at radius 2 is 1.95 bits per heavy atom. The van der Waals surface area contributed by atoms with E-state index in [-0.39, 0.29) is 10.8 Å². The normalized spacial score (nSPS) is 20.8. The molecule has 1 aromatic heterocycles. The third-order valence-electron chi connectivity index (χ3n) is 4.28. The number of aromatic nitrogens is 1. The summed E-state index contributed by atoms with van der Waals surface area (Å²) in [5.74, 6) is 0.484. The third kappa shape index (κ3) is 4.61. The lowest BCUT2D eigenvalue weighted by Crippen LogP contribution is -2.42. The number of rotatable bonds is 4. The van der Waals surface area contributed by atoms with Crippen molar-refractivity contribution >= 4 is 11.0 Å². The number of hydrogen-bond donors (Lipinski definition) is 1. The molecule has 1 aliphatic rings. The van der Waals surface area contributed by atoms with Gasteiger partial charge in [-0.25, -0.2) is 8.93 Å². The van der Waals surface area contributed by atoms with Crippen LogP contribution in [0.25, 0.3) is 0 Å². The second kappa shape index (κ2) is 7.20. The molecule has 5 heteroatoms. The first kappa shape index (κ1) is 17.6. The number of likely N-dealkylation sites (tertiary alicyclic amines) is 1. The molecule has 0 radical (unpaired) electrons. The molecule has 0 bridgehead atoms. The van der Waals surface area contributed by atoms with Gasteiger partial charge in [0.05, 0.1) is 27.5 Å². The van der Waals surface area contributed by atoms with Crippen LogP contribution < -0.4 is 4.72 Å². The van der Waals surface area contributed by atoms with Crippen molar-refractivity contribution in [2.45, 2.75) is 51.3 Å². The van der Waals surface area contributed by atoms with Gasteiger partial charge in [-0.15, -0.1) is 0 Å². The van der Waals surface area contributed by atoms with Crippen molar-refractivity contribution in [2.24, 2.45) is 5.92 Å². The van der Waals surface area contributed by atoms with Crippen LogP contribution in [-0.2, 0) is 11.0 Å². The Morgan fingerprint density at radius 3 is 2.45 bits per heavy atom. The van der Waals surface area contributed by atoms with Gasteiger partial charge in [-0.3, -0.25) is 4.98 Å². The zero-order chi connectivity index (χ0) is 16.3. The Balaban J connectivity index is 2.20. The van der Waals surface area contributed by atoms with Crippen molar-refractivity contribution in [3.8, 4) is 0 Å². The molecule has 1 saturated heterocycles. The summed E-state index contributed by atoms with van der Waals surface area (Å²) < 4.78 is 15.7. The zero-order valence-electron chi connectivity index (χ0n) is 14.4. The van der Waals surface area contributed by atoms with Crippen molar-refractivity contribution in [3.63, 3.8) is 0 Å². The fourth-order valence-electron chi connectivity index (χ4n) is 2.72. The van der Waals surface area contributed by atoms with Crippen LogP contribution in [-0.4, -0.2) is 39.0 Å². The van der Waals surface area contributed by atoms with Crippen LogP contribution in [0.15, 0.2) is 18.3 Å². The summed E-state index contributed by atoms with van der Waals surface area (Å²) >= 11 is 0. The molecule has 0 aliphatic carbocycles. The van der Waals surface area contributed by atoms with Crippen molar-refractivity contribution in [3.05, 3.63) is 29.6 Å². The van der Waals surface area contributed by atoms with Gasteiger partial charge in [0.2, 0.25) is 0 Å². The molecule has 4 nitrogen and oxygen atoms in total. The zero-order valence-corrected chi connectivity index (χ0v) is 15.2. The van der Waals surface area contributed by atoms with Crippen molar-refractivity contribution in [1.29, 1.82) is 0 Å². The number of nitrogens with one attached hydrogen (secondary N) is 1. The summed E-state index contributed by atoms with van der Waals surface area (Å²) in [6, 6.07) is 4.23.